The van der Waals surface area contributed by atoms with Crippen molar-refractivity contribution < 1.29 is 12.6 Å². The fraction of sp³-hybridized carbons (Fsp3) is 1.00. The average molecular weight is 194 g/mol. The molecule has 3 nitrogen and oxygen atoms in total. The van der Waals surface area contributed by atoms with Crippen molar-refractivity contribution in [2.75, 3.05) is 13.4 Å². The maximum Gasteiger partial charge on any atom is 0.264 e. The molecule has 0 bridgehead atoms. The fourth-order valence-electron chi connectivity index (χ4n) is 1.06. The van der Waals surface area contributed by atoms with E-state index >= 15 is 0 Å². The minimum Gasteiger partial charge on any atom is -0.274 e. The molecule has 0 spiro atoms. The van der Waals surface area contributed by atoms with Gasteiger partial charge >= 0.3 is 0 Å². The van der Waals surface area contributed by atoms with Crippen LogP contribution in [0.4, 0.5) is 0 Å². The predicted octanol–water partition coefficient (Wildman–Crippen LogP) is 1.93. The van der Waals surface area contributed by atoms with Crippen molar-refractivity contribution >= 4 is 10.1 Å². The molecule has 1 fully saturated rings. The van der Waals surface area contributed by atoms with Crippen LogP contribution in [-0.4, -0.2) is 21.8 Å². The van der Waals surface area contributed by atoms with Crippen LogP contribution in [0.25, 0.3) is 0 Å². The Morgan fingerprint density at radius 2 is 1.08 bits per heavy atom. The molecular weight excluding hydrogens is 176 g/mol. The highest BCUT2D eigenvalue weighted by Gasteiger charge is 1.95. The van der Waals surface area contributed by atoms with Crippen molar-refractivity contribution in [3.63, 3.8) is 0 Å². The van der Waals surface area contributed by atoms with E-state index in [0.29, 0.717) is 0 Å². The van der Waals surface area contributed by atoms with Crippen molar-refractivity contribution in [1.29, 1.82) is 0 Å². The highest BCUT2D eigenvalue weighted by atomic mass is 32.2. The predicted molar refractivity (Wildman–Crippen MR) is 49.6 cm³/mol. The zero-order chi connectivity index (χ0) is 9.45. The summed E-state index contributed by atoms with van der Waals surface area (Å²) in [4.78, 5) is 0. The molecule has 1 saturated carbocycles. The summed E-state index contributed by atoms with van der Waals surface area (Å²) in [7, 11) is -2.04. The van der Waals surface area contributed by atoms with Gasteiger partial charge in [-0.1, -0.05) is 38.5 Å². The molecule has 0 unspecified atom stereocenters. The number of rotatable bonds is 1. The van der Waals surface area contributed by atoms with E-state index < -0.39 is 10.1 Å². The van der Waals surface area contributed by atoms with Gasteiger partial charge in [-0.25, -0.2) is 0 Å². The van der Waals surface area contributed by atoms with Crippen molar-refractivity contribution in [1.82, 2.24) is 0 Å². The van der Waals surface area contributed by atoms with Gasteiger partial charge in [0.1, 0.15) is 0 Å². The zero-order valence-corrected chi connectivity index (χ0v) is 8.69. The molecule has 1 aliphatic rings. The van der Waals surface area contributed by atoms with Crippen LogP contribution in [0.3, 0.4) is 0 Å². The van der Waals surface area contributed by atoms with Crippen molar-refractivity contribution in [2.24, 2.45) is 0 Å². The van der Waals surface area contributed by atoms with Crippen LogP contribution in [0.15, 0.2) is 0 Å². The largest absolute Gasteiger partial charge is 0.274 e. The quantitative estimate of drug-likeness (QED) is 0.599. The van der Waals surface area contributed by atoms with E-state index in [9.17, 15) is 8.42 Å². The fourth-order valence-corrected chi connectivity index (χ4v) is 1.06. The van der Waals surface area contributed by atoms with Gasteiger partial charge in [0, 0.05) is 0 Å². The lowest BCUT2D eigenvalue weighted by Gasteiger charge is -2.05. The summed E-state index contributed by atoms with van der Waals surface area (Å²) in [5.74, 6) is 0. The normalized spacial score (nSPS) is 17.8. The van der Waals surface area contributed by atoms with Gasteiger partial charge in [-0.05, 0) is 0 Å². The summed E-state index contributed by atoms with van der Waals surface area (Å²) < 4.78 is 23.5. The van der Waals surface area contributed by atoms with Gasteiger partial charge in [0.25, 0.3) is 10.1 Å². The van der Waals surface area contributed by atoms with E-state index in [-0.39, 0.29) is 0 Å². The first-order valence-corrected chi connectivity index (χ1v) is 6.13. The molecule has 0 heterocycles. The third-order valence-electron chi connectivity index (χ3n) is 1.80. The second-order valence-corrected chi connectivity index (χ2v) is 4.73. The number of hydrogen-bond acceptors (Lipinski definition) is 3. The molecular formula is C8H18O3S. The van der Waals surface area contributed by atoms with Crippen LogP contribution in [0, 0.1) is 0 Å². The lowest BCUT2D eigenvalue weighted by atomic mass is 10.0. The van der Waals surface area contributed by atoms with E-state index in [2.05, 4.69) is 4.18 Å². The SMILES string of the molecule is C1CCCCC1.COS(C)(=O)=O. The third-order valence-corrected chi connectivity index (χ3v) is 2.41. The van der Waals surface area contributed by atoms with E-state index in [1.807, 2.05) is 0 Å². The maximum absolute atomic E-state index is 9.78. The Kier molecular flexibility index (Phi) is 6.38. The standard InChI is InChI=1S/C6H12.C2H6O3S/c1-2-4-6-5-3-1;1-5-6(2,3)4/h1-6H2;1-2H3. The Hall–Kier alpha value is -0.0900. The van der Waals surface area contributed by atoms with Crippen molar-refractivity contribution in [2.45, 2.75) is 38.5 Å². The van der Waals surface area contributed by atoms with Gasteiger partial charge in [-0.2, -0.15) is 8.42 Å². The summed E-state index contributed by atoms with van der Waals surface area (Å²) in [5, 5.41) is 0. The molecule has 0 aliphatic heterocycles. The van der Waals surface area contributed by atoms with Crippen molar-refractivity contribution in [3.8, 4) is 0 Å². The zero-order valence-electron chi connectivity index (χ0n) is 7.88. The molecule has 4 heteroatoms. The summed E-state index contributed by atoms with van der Waals surface area (Å²) in [5.41, 5.74) is 0. The Balaban J connectivity index is 0.000000202. The monoisotopic (exact) mass is 194 g/mol. The van der Waals surface area contributed by atoms with Crippen LogP contribution in [0.5, 0.6) is 0 Å². The van der Waals surface area contributed by atoms with E-state index in [1.54, 1.807) is 0 Å². The molecule has 0 N–H and O–H groups in total. The summed E-state index contributed by atoms with van der Waals surface area (Å²) in [6, 6.07) is 0. The van der Waals surface area contributed by atoms with E-state index in [0.717, 1.165) is 13.4 Å². The van der Waals surface area contributed by atoms with Crippen LogP contribution < -0.4 is 0 Å². The molecule has 74 valence electrons. The van der Waals surface area contributed by atoms with Gasteiger partial charge in [0.2, 0.25) is 0 Å². The molecule has 0 aromatic rings. The molecule has 0 amide bonds. The van der Waals surface area contributed by atoms with Gasteiger partial charge in [0.05, 0.1) is 13.4 Å². The summed E-state index contributed by atoms with van der Waals surface area (Å²) >= 11 is 0. The highest BCUT2D eigenvalue weighted by Crippen LogP contribution is 2.15. The Labute approximate surface area is 75.2 Å². The first kappa shape index (κ1) is 11.9. The summed E-state index contributed by atoms with van der Waals surface area (Å²) in [6.45, 7) is 0. The molecule has 0 radical (unpaired) electrons. The van der Waals surface area contributed by atoms with Gasteiger partial charge in [0.15, 0.2) is 0 Å². The smallest absolute Gasteiger partial charge is 0.264 e. The summed E-state index contributed by atoms with van der Waals surface area (Å²) in [6.07, 6.45) is 9.99. The lowest BCUT2D eigenvalue weighted by Crippen LogP contribution is -1.95. The second-order valence-electron chi connectivity index (χ2n) is 2.99. The Morgan fingerprint density at radius 3 is 1.17 bits per heavy atom. The molecule has 12 heavy (non-hydrogen) atoms. The van der Waals surface area contributed by atoms with E-state index in [1.165, 1.54) is 38.5 Å². The Morgan fingerprint density at radius 1 is 0.917 bits per heavy atom. The van der Waals surface area contributed by atoms with Gasteiger partial charge in [-0.15, -0.1) is 0 Å². The molecule has 0 atom stereocenters. The van der Waals surface area contributed by atoms with Gasteiger partial charge < -0.3 is 0 Å². The number of hydrogen-bond donors (Lipinski definition) is 0. The van der Waals surface area contributed by atoms with Crippen molar-refractivity contribution in [3.05, 3.63) is 0 Å². The molecule has 1 aliphatic carbocycles. The topological polar surface area (TPSA) is 43.4 Å². The second kappa shape index (κ2) is 6.43. The molecule has 1 rings (SSSR count). The molecule has 0 aromatic carbocycles. The highest BCUT2D eigenvalue weighted by molar-refractivity contribution is 7.85. The molecule has 0 saturated heterocycles. The average Bonchev–Trinajstić information content (AvgIpc) is 2.07. The third kappa shape index (κ3) is 9.91. The van der Waals surface area contributed by atoms with Crippen LogP contribution in [0.2, 0.25) is 0 Å². The maximum atomic E-state index is 9.78. The Bertz CT molecular complexity index is 169. The first-order valence-electron chi connectivity index (χ1n) is 4.32. The van der Waals surface area contributed by atoms with Crippen LogP contribution in [0.1, 0.15) is 38.5 Å². The first-order chi connectivity index (χ1) is 5.56. The van der Waals surface area contributed by atoms with Crippen LogP contribution >= 0.6 is 0 Å². The molecule has 0 aromatic heterocycles. The lowest BCUT2D eigenvalue weighted by molar-refractivity contribution is 0.403. The van der Waals surface area contributed by atoms with E-state index in [4.69, 9.17) is 0 Å². The minimum atomic E-state index is -3.16. The minimum absolute atomic E-state index is 0.993. The van der Waals surface area contributed by atoms with Crippen LogP contribution in [-0.2, 0) is 14.3 Å². The van der Waals surface area contributed by atoms with Gasteiger partial charge in [-0.3, -0.25) is 4.18 Å².